The van der Waals surface area contributed by atoms with E-state index in [-0.39, 0.29) is 5.97 Å². The Balaban J connectivity index is 1.89. The highest BCUT2D eigenvalue weighted by Gasteiger charge is 2.14. The topological polar surface area (TPSA) is 26.3 Å². The fourth-order valence-electron chi connectivity index (χ4n) is 1.83. The lowest BCUT2D eigenvalue weighted by Crippen LogP contribution is -1.99. The molecular formula is C12H20O2S. The average molecular weight is 228 g/mol. The molecule has 2 unspecified atom stereocenters. The molecule has 1 aliphatic rings. The molecule has 86 valence electrons. The van der Waals surface area contributed by atoms with Crippen LogP contribution in [0, 0.1) is 11.8 Å². The summed E-state index contributed by atoms with van der Waals surface area (Å²) in [7, 11) is 0. The van der Waals surface area contributed by atoms with Crippen molar-refractivity contribution >= 4 is 17.7 Å². The number of hydrogen-bond donors (Lipinski definition) is 0. The Morgan fingerprint density at radius 2 is 2.33 bits per heavy atom. The van der Waals surface area contributed by atoms with Crippen LogP contribution in [-0.2, 0) is 9.53 Å². The van der Waals surface area contributed by atoms with Crippen molar-refractivity contribution < 1.29 is 9.53 Å². The molecule has 0 saturated carbocycles. The summed E-state index contributed by atoms with van der Waals surface area (Å²) in [6.45, 7) is 3.72. The molecule has 0 radical (unpaired) electrons. The molecule has 1 aliphatic carbocycles. The first-order chi connectivity index (χ1) is 7.18. The Labute approximate surface area is 96.5 Å². The highest BCUT2D eigenvalue weighted by atomic mass is 32.2. The quantitative estimate of drug-likeness (QED) is 0.302. The number of carbonyl (C=O) groups is 1. The average Bonchev–Trinajstić information content (AvgIpc) is 2.57. The number of carbonyl (C=O) groups excluding carboxylic acids is 1. The van der Waals surface area contributed by atoms with Crippen molar-refractivity contribution in [1.82, 2.24) is 0 Å². The van der Waals surface area contributed by atoms with Crippen molar-refractivity contribution in [2.45, 2.75) is 33.1 Å². The van der Waals surface area contributed by atoms with E-state index in [1.165, 1.54) is 26.2 Å². The Kier molecular flexibility index (Phi) is 5.84. The molecule has 0 spiro atoms. The van der Waals surface area contributed by atoms with E-state index in [2.05, 4.69) is 19.1 Å². The fourth-order valence-corrected chi connectivity index (χ4v) is 2.56. The SMILES string of the molecule is CC(=O)OCSCCCC1C=CC(C)C1. The predicted molar refractivity (Wildman–Crippen MR) is 64.7 cm³/mol. The van der Waals surface area contributed by atoms with Crippen LogP contribution in [-0.4, -0.2) is 17.7 Å². The molecule has 0 aliphatic heterocycles. The van der Waals surface area contributed by atoms with Gasteiger partial charge in [0.05, 0.1) is 0 Å². The maximum atomic E-state index is 10.5. The van der Waals surface area contributed by atoms with Crippen molar-refractivity contribution in [3.8, 4) is 0 Å². The molecule has 3 heteroatoms. The summed E-state index contributed by atoms with van der Waals surface area (Å²) >= 11 is 1.70. The van der Waals surface area contributed by atoms with Crippen LogP contribution >= 0.6 is 11.8 Å². The molecule has 0 aromatic carbocycles. The van der Waals surface area contributed by atoms with E-state index in [1.54, 1.807) is 11.8 Å². The van der Waals surface area contributed by atoms with Gasteiger partial charge in [0, 0.05) is 6.92 Å². The third-order valence-corrected chi connectivity index (χ3v) is 3.46. The maximum Gasteiger partial charge on any atom is 0.303 e. The minimum absolute atomic E-state index is 0.185. The first-order valence-corrected chi connectivity index (χ1v) is 6.73. The van der Waals surface area contributed by atoms with Gasteiger partial charge in [-0.1, -0.05) is 19.1 Å². The van der Waals surface area contributed by atoms with Gasteiger partial charge >= 0.3 is 5.97 Å². The number of thioether (sulfide) groups is 1. The van der Waals surface area contributed by atoms with Gasteiger partial charge in [0.1, 0.15) is 5.94 Å². The second kappa shape index (κ2) is 6.94. The monoisotopic (exact) mass is 228 g/mol. The number of hydrogen-bond acceptors (Lipinski definition) is 3. The number of esters is 1. The summed E-state index contributed by atoms with van der Waals surface area (Å²) in [5, 5.41) is 0. The summed E-state index contributed by atoms with van der Waals surface area (Å²) in [5.41, 5.74) is 0. The molecule has 0 heterocycles. The highest BCUT2D eigenvalue weighted by Crippen LogP contribution is 2.26. The van der Waals surface area contributed by atoms with Crippen LogP contribution < -0.4 is 0 Å². The summed E-state index contributed by atoms with van der Waals surface area (Å²) in [4.78, 5) is 10.5. The molecule has 0 N–H and O–H groups in total. The zero-order valence-electron chi connectivity index (χ0n) is 9.57. The van der Waals surface area contributed by atoms with Crippen LogP contribution in [0.25, 0.3) is 0 Å². The van der Waals surface area contributed by atoms with E-state index in [9.17, 15) is 4.79 Å². The van der Waals surface area contributed by atoms with Gasteiger partial charge in [-0.3, -0.25) is 4.79 Å². The molecule has 0 bridgehead atoms. The lowest BCUT2D eigenvalue weighted by Gasteiger charge is -2.08. The number of rotatable bonds is 6. The smallest absolute Gasteiger partial charge is 0.303 e. The third-order valence-electron chi connectivity index (χ3n) is 2.60. The van der Waals surface area contributed by atoms with Gasteiger partial charge in [-0.2, -0.15) is 0 Å². The van der Waals surface area contributed by atoms with E-state index in [0.717, 1.165) is 17.6 Å². The zero-order valence-corrected chi connectivity index (χ0v) is 10.4. The summed E-state index contributed by atoms with van der Waals surface area (Å²) in [6, 6.07) is 0. The number of allylic oxidation sites excluding steroid dienone is 2. The molecule has 2 nitrogen and oxygen atoms in total. The molecule has 1 rings (SSSR count). The van der Waals surface area contributed by atoms with Gasteiger partial charge in [0.2, 0.25) is 0 Å². The van der Waals surface area contributed by atoms with Crippen molar-refractivity contribution in [3.05, 3.63) is 12.2 Å². The van der Waals surface area contributed by atoms with Gasteiger partial charge in [0.15, 0.2) is 0 Å². The van der Waals surface area contributed by atoms with E-state index in [4.69, 9.17) is 4.74 Å². The number of ether oxygens (including phenoxy) is 1. The van der Waals surface area contributed by atoms with E-state index in [0.29, 0.717) is 5.94 Å². The lowest BCUT2D eigenvalue weighted by atomic mass is 10.0. The van der Waals surface area contributed by atoms with Crippen LogP contribution in [0.3, 0.4) is 0 Å². The van der Waals surface area contributed by atoms with Gasteiger partial charge in [-0.05, 0) is 36.9 Å². The fraction of sp³-hybridized carbons (Fsp3) is 0.750. The van der Waals surface area contributed by atoms with Gasteiger partial charge in [-0.25, -0.2) is 0 Å². The first kappa shape index (κ1) is 12.6. The summed E-state index contributed by atoms with van der Waals surface area (Å²) < 4.78 is 4.84. The Bertz CT molecular complexity index is 226. The standard InChI is InChI=1S/C12H20O2S/c1-10-5-6-12(8-10)4-3-7-15-9-14-11(2)13/h5-6,10,12H,3-4,7-9H2,1-2H3. The molecular weight excluding hydrogens is 208 g/mol. The Hall–Kier alpha value is -0.440. The normalized spacial score (nSPS) is 24.4. The summed E-state index contributed by atoms with van der Waals surface area (Å²) in [5.74, 6) is 2.96. The van der Waals surface area contributed by atoms with Crippen LogP contribution in [0.1, 0.15) is 33.1 Å². The first-order valence-electron chi connectivity index (χ1n) is 5.58. The molecule has 0 saturated heterocycles. The van der Waals surface area contributed by atoms with E-state index in [1.807, 2.05) is 0 Å². The molecule has 0 amide bonds. The highest BCUT2D eigenvalue weighted by molar-refractivity contribution is 7.99. The van der Waals surface area contributed by atoms with Crippen LogP contribution in [0.5, 0.6) is 0 Å². The van der Waals surface area contributed by atoms with E-state index < -0.39 is 0 Å². The van der Waals surface area contributed by atoms with Crippen molar-refractivity contribution in [1.29, 1.82) is 0 Å². The molecule has 15 heavy (non-hydrogen) atoms. The Morgan fingerprint density at radius 3 is 2.93 bits per heavy atom. The van der Waals surface area contributed by atoms with Crippen molar-refractivity contribution in [2.75, 3.05) is 11.7 Å². The molecule has 2 atom stereocenters. The zero-order chi connectivity index (χ0) is 11.1. The largest absolute Gasteiger partial charge is 0.455 e. The van der Waals surface area contributed by atoms with Crippen LogP contribution in [0.4, 0.5) is 0 Å². The minimum Gasteiger partial charge on any atom is -0.455 e. The molecule has 0 fully saturated rings. The van der Waals surface area contributed by atoms with E-state index >= 15 is 0 Å². The second-order valence-corrected chi connectivity index (χ2v) is 5.21. The van der Waals surface area contributed by atoms with Crippen LogP contribution in [0.2, 0.25) is 0 Å². The third kappa shape index (κ3) is 5.88. The van der Waals surface area contributed by atoms with Crippen LogP contribution in [0.15, 0.2) is 12.2 Å². The Morgan fingerprint density at radius 1 is 1.53 bits per heavy atom. The second-order valence-electron chi connectivity index (χ2n) is 4.16. The maximum absolute atomic E-state index is 10.5. The molecule has 0 aromatic heterocycles. The molecule has 0 aromatic rings. The minimum atomic E-state index is -0.185. The van der Waals surface area contributed by atoms with Crippen molar-refractivity contribution in [2.24, 2.45) is 11.8 Å². The lowest BCUT2D eigenvalue weighted by molar-refractivity contribution is -0.138. The van der Waals surface area contributed by atoms with Gasteiger partial charge in [0.25, 0.3) is 0 Å². The predicted octanol–water partition coefficient (Wildman–Crippen LogP) is 3.23. The summed E-state index contributed by atoms with van der Waals surface area (Å²) in [6.07, 6.45) is 8.47. The van der Waals surface area contributed by atoms with Gasteiger partial charge in [-0.15, -0.1) is 11.8 Å². The van der Waals surface area contributed by atoms with Crippen molar-refractivity contribution in [3.63, 3.8) is 0 Å². The van der Waals surface area contributed by atoms with Gasteiger partial charge < -0.3 is 4.74 Å².